The maximum Gasteiger partial charge on any atom is 0.418 e. The molecule has 0 bridgehead atoms. The predicted molar refractivity (Wildman–Crippen MR) is 80.2 cm³/mol. The minimum Gasteiger partial charge on any atom is -0.380 e. The van der Waals surface area contributed by atoms with Crippen LogP contribution in [-0.2, 0) is 19.1 Å². The van der Waals surface area contributed by atoms with Crippen molar-refractivity contribution < 1.29 is 13.2 Å². The fourth-order valence-electron chi connectivity index (χ4n) is 1.92. The molecule has 1 heterocycles. The van der Waals surface area contributed by atoms with Gasteiger partial charge in [-0.15, -0.1) is 11.3 Å². The van der Waals surface area contributed by atoms with E-state index in [1.807, 2.05) is 18.4 Å². The van der Waals surface area contributed by atoms with E-state index < -0.39 is 11.7 Å². The molecule has 108 valence electrons. The number of rotatable bonds is 4. The van der Waals surface area contributed by atoms with Crippen molar-refractivity contribution in [3.05, 3.63) is 50.1 Å². The van der Waals surface area contributed by atoms with Gasteiger partial charge in [0.05, 0.1) is 5.56 Å². The fraction of sp³-hybridized carbons (Fsp3) is 0.286. The van der Waals surface area contributed by atoms with Gasteiger partial charge in [0.2, 0.25) is 0 Å². The van der Waals surface area contributed by atoms with Crippen molar-refractivity contribution in [2.24, 2.45) is 0 Å². The molecule has 1 aromatic heterocycles. The van der Waals surface area contributed by atoms with Crippen molar-refractivity contribution in [3.63, 3.8) is 0 Å². The Morgan fingerprint density at radius 2 is 2.00 bits per heavy atom. The van der Waals surface area contributed by atoms with Crippen LogP contribution in [0.1, 0.15) is 22.9 Å². The standard InChI is InChI=1S/C14H13BrF3NS/c1-2-9-5-6-20-13(9)8-19-12-7-10(15)3-4-11(12)14(16,17)18/h3-7,19H,2,8H2,1H3. The average Bonchev–Trinajstić information content (AvgIpc) is 2.82. The van der Waals surface area contributed by atoms with Gasteiger partial charge in [0, 0.05) is 21.6 Å². The number of benzene rings is 1. The zero-order chi connectivity index (χ0) is 14.8. The lowest BCUT2D eigenvalue weighted by atomic mass is 10.1. The Labute approximate surface area is 128 Å². The SMILES string of the molecule is CCc1ccsc1CNc1cc(Br)ccc1C(F)(F)F. The van der Waals surface area contributed by atoms with Crippen molar-refractivity contribution in [2.75, 3.05) is 5.32 Å². The fourth-order valence-corrected chi connectivity index (χ4v) is 3.20. The van der Waals surface area contributed by atoms with Crippen LogP contribution in [0.2, 0.25) is 0 Å². The first kappa shape index (κ1) is 15.4. The van der Waals surface area contributed by atoms with Gasteiger partial charge in [-0.05, 0) is 41.6 Å². The third kappa shape index (κ3) is 3.55. The summed E-state index contributed by atoms with van der Waals surface area (Å²) in [5.74, 6) is 0. The lowest BCUT2D eigenvalue weighted by Crippen LogP contribution is -2.10. The van der Waals surface area contributed by atoms with Crippen molar-refractivity contribution in [3.8, 4) is 0 Å². The van der Waals surface area contributed by atoms with Gasteiger partial charge < -0.3 is 5.32 Å². The van der Waals surface area contributed by atoms with Gasteiger partial charge in [0.15, 0.2) is 0 Å². The molecule has 6 heteroatoms. The number of hydrogen-bond acceptors (Lipinski definition) is 2. The van der Waals surface area contributed by atoms with Crippen molar-refractivity contribution >= 4 is 33.0 Å². The first-order valence-electron chi connectivity index (χ1n) is 6.07. The van der Waals surface area contributed by atoms with Crippen LogP contribution in [0.5, 0.6) is 0 Å². The highest BCUT2D eigenvalue weighted by molar-refractivity contribution is 9.10. The van der Waals surface area contributed by atoms with Crippen LogP contribution in [0.25, 0.3) is 0 Å². The number of alkyl halides is 3. The number of aryl methyl sites for hydroxylation is 1. The molecule has 0 fully saturated rings. The second kappa shape index (κ2) is 6.18. The van der Waals surface area contributed by atoms with E-state index in [-0.39, 0.29) is 5.69 Å². The van der Waals surface area contributed by atoms with E-state index in [0.29, 0.717) is 11.0 Å². The second-order valence-corrected chi connectivity index (χ2v) is 6.18. The Hall–Kier alpha value is -1.01. The molecular formula is C14H13BrF3NS. The molecule has 20 heavy (non-hydrogen) atoms. The van der Waals surface area contributed by atoms with Gasteiger partial charge in [-0.3, -0.25) is 0 Å². The zero-order valence-corrected chi connectivity index (χ0v) is 13.1. The summed E-state index contributed by atoms with van der Waals surface area (Å²) in [6.45, 7) is 2.44. The van der Waals surface area contributed by atoms with Crippen LogP contribution < -0.4 is 5.32 Å². The third-order valence-corrected chi connectivity index (χ3v) is 4.40. The van der Waals surface area contributed by atoms with E-state index in [2.05, 4.69) is 21.2 Å². The maximum atomic E-state index is 12.9. The zero-order valence-electron chi connectivity index (χ0n) is 10.7. The van der Waals surface area contributed by atoms with E-state index in [0.717, 1.165) is 17.4 Å². The van der Waals surface area contributed by atoms with Crippen LogP contribution in [0.15, 0.2) is 34.1 Å². The Balaban J connectivity index is 2.23. The van der Waals surface area contributed by atoms with Gasteiger partial charge in [-0.2, -0.15) is 13.2 Å². The molecule has 2 aromatic rings. The summed E-state index contributed by atoms with van der Waals surface area (Å²) < 4.78 is 39.4. The summed E-state index contributed by atoms with van der Waals surface area (Å²) in [6, 6.07) is 5.95. The molecule has 0 unspecified atom stereocenters. The Morgan fingerprint density at radius 3 is 2.65 bits per heavy atom. The monoisotopic (exact) mass is 363 g/mol. The lowest BCUT2D eigenvalue weighted by molar-refractivity contribution is -0.137. The number of hydrogen-bond donors (Lipinski definition) is 1. The Kier molecular flexibility index (Phi) is 4.75. The molecule has 0 amide bonds. The topological polar surface area (TPSA) is 12.0 Å². The summed E-state index contributed by atoms with van der Waals surface area (Å²) >= 11 is 4.76. The van der Waals surface area contributed by atoms with E-state index in [1.165, 1.54) is 17.7 Å². The molecule has 0 saturated heterocycles. The normalized spacial score (nSPS) is 11.7. The van der Waals surface area contributed by atoms with Crippen LogP contribution >= 0.6 is 27.3 Å². The molecule has 1 N–H and O–H groups in total. The van der Waals surface area contributed by atoms with E-state index in [9.17, 15) is 13.2 Å². The largest absolute Gasteiger partial charge is 0.418 e. The highest BCUT2D eigenvalue weighted by atomic mass is 79.9. The molecular weight excluding hydrogens is 351 g/mol. The molecule has 0 saturated carbocycles. The molecule has 0 aliphatic carbocycles. The van der Waals surface area contributed by atoms with Crippen LogP contribution in [-0.4, -0.2) is 0 Å². The molecule has 0 radical (unpaired) electrons. The van der Waals surface area contributed by atoms with Gasteiger partial charge in [0.1, 0.15) is 0 Å². The molecule has 1 nitrogen and oxygen atoms in total. The summed E-state index contributed by atoms with van der Waals surface area (Å²) in [6.07, 6.45) is -3.48. The molecule has 0 atom stereocenters. The van der Waals surface area contributed by atoms with Gasteiger partial charge in [-0.1, -0.05) is 22.9 Å². The van der Waals surface area contributed by atoms with Crippen molar-refractivity contribution in [2.45, 2.75) is 26.1 Å². The number of halogens is 4. The minimum atomic E-state index is -4.36. The molecule has 0 spiro atoms. The van der Waals surface area contributed by atoms with Crippen LogP contribution in [0.3, 0.4) is 0 Å². The summed E-state index contributed by atoms with van der Waals surface area (Å²) in [5, 5.41) is 4.86. The molecule has 2 rings (SSSR count). The summed E-state index contributed by atoms with van der Waals surface area (Å²) in [5.41, 5.74) is 0.628. The van der Waals surface area contributed by atoms with Crippen LogP contribution in [0, 0.1) is 0 Å². The first-order chi connectivity index (χ1) is 9.41. The highest BCUT2D eigenvalue weighted by Crippen LogP contribution is 2.36. The quantitative estimate of drug-likeness (QED) is 0.733. The highest BCUT2D eigenvalue weighted by Gasteiger charge is 2.33. The van der Waals surface area contributed by atoms with E-state index in [1.54, 1.807) is 11.3 Å². The molecule has 1 aromatic carbocycles. The molecule has 0 aliphatic rings. The van der Waals surface area contributed by atoms with Gasteiger partial charge in [0.25, 0.3) is 0 Å². The summed E-state index contributed by atoms with van der Waals surface area (Å²) in [4.78, 5) is 1.07. The minimum absolute atomic E-state index is 0.0994. The van der Waals surface area contributed by atoms with Crippen molar-refractivity contribution in [1.29, 1.82) is 0 Å². The van der Waals surface area contributed by atoms with Crippen molar-refractivity contribution in [1.82, 2.24) is 0 Å². The maximum absolute atomic E-state index is 12.9. The summed E-state index contributed by atoms with van der Waals surface area (Å²) in [7, 11) is 0. The first-order valence-corrected chi connectivity index (χ1v) is 7.75. The smallest absolute Gasteiger partial charge is 0.380 e. The van der Waals surface area contributed by atoms with E-state index in [4.69, 9.17) is 0 Å². The number of thiophene rings is 1. The van der Waals surface area contributed by atoms with E-state index >= 15 is 0 Å². The Morgan fingerprint density at radius 1 is 1.25 bits per heavy atom. The Bertz CT molecular complexity index is 592. The number of nitrogens with one attached hydrogen (secondary N) is 1. The lowest BCUT2D eigenvalue weighted by Gasteiger charge is -2.15. The second-order valence-electron chi connectivity index (χ2n) is 4.26. The van der Waals surface area contributed by atoms with Crippen LogP contribution in [0.4, 0.5) is 18.9 Å². The predicted octanol–water partition coefficient (Wildman–Crippen LogP) is 5.70. The molecule has 0 aliphatic heterocycles. The average molecular weight is 364 g/mol. The third-order valence-electron chi connectivity index (χ3n) is 2.94. The van der Waals surface area contributed by atoms with Gasteiger partial charge in [-0.25, -0.2) is 0 Å². The van der Waals surface area contributed by atoms with Gasteiger partial charge >= 0.3 is 6.18 Å². The number of anilines is 1.